The van der Waals surface area contributed by atoms with Gasteiger partial charge in [0.2, 0.25) is 5.91 Å². The second kappa shape index (κ2) is 9.22. The molecule has 0 radical (unpaired) electrons. The zero-order valence-corrected chi connectivity index (χ0v) is 15.5. The Hall–Kier alpha value is -2.15. The summed E-state index contributed by atoms with van der Waals surface area (Å²) in [5.41, 5.74) is 7.16. The van der Waals surface area contributed by atoms with Gasteiger partial charge in [-0.1, -0.05) is 19.9 Å². The normalized spacial score (nSPS) is 11.6. The molecule has 132 valence electrons. The second-order valence-corrected chi connectivity index (χ2v) is 6.50. The Balaban J connectivity index is 2.42. The number of aryl methyl sites for hydroxylation is 2. The Kier molecular flexibility index (Phi) is 7.64. The molecule has 1 aromatic carbocycles. The number of benzene rings is 1. The van der Waals surface area contributed by atoms with Crippen LogP contribution in [0.5, 0.6) is 5.75 Å². The SMILES string of the molecule is Cc1ccc(OC(C)C(=O)NNC(=S)NC(=O)CC(C)C)cc1C. The van der Waals surface area contributed by atoms with Gasteiger partial charge in [0.25, 0.3) is 5.91 Å². The summed E-state index contributed by atoms with van der Waals surface area (Å²) < 4.78 is 5.60. The highest BCUT2D eigenvalue weighted by atomic mass is 32.1. The molecule has 6 nitrogen and oxygen atoms in total. The lowest BCUT2D eigenvalue weighted by Crippen LogP contribution is -2.51. The average molecular weight is 351 g/mol. The average Bonchev–Trinajstić information content (AvgIpc) is 2.47. The van der Waals surface area contributed by atoms with Gasteiger partial charge in [-0.2, -0.15) is 0 Å². The maximum Gasteiger partial charge on any atom is 0.279 e. The molecule has 0 heterocycles. The highest BCUT2D eigenvalue weighted by molar-refractivity contribution is 7.80. The van der Waals surface area contributed by atoms with Crippen molar-refractivity contribution in [3.05, 3.63) is 29.3 Å². The van der Waals surface area contributed by atoms with E-state index in [4.69, 9.17) is 17.0 Å². The minimum Gasteiger partial charge on any atom is -0.481 e. The molecule has 0 saturated heterocycles. The van der Waals surface area contributed by atoms with Crippen molar-refractivity contribution in [1.29, 1.82) is 0 Å². The number of carbonyl (C=O) groups is 2. The van der Waals surface area contributed by atoms with Crippen molar-refractivity contribution in [1.82, 2.24) is 16.2 Å². The van der Waals surface area contributed by atoms with Crippen molar-refractivity contribution in [2.75, 3.05) is 0 Å². The van der Waals surface area contributed by atoms with Crippen molar-refractivity contribution in [2.24, 2.45) is 5.92 Å². The molecule has 0 bridgehead atoms. The number of amides is 2. The summed E-state index contributed by atoms with van der Waals surface area (Å²) in [6.45, 7) is 9.49. The molecular weight excluding hydrogens is 326 g/mol. The first-order valence-corrected chi connectivity index (χ1v) is 8.23. The molecular formula is C17H25N3O3S. The summed E-state index contributed by atoms with van der Waals surface area (Å²) in [5.74, 6) is 0.257. The molecule has 0 spiro atoms. The van der Waals surface area contributed by atoms with Crippen LogP contribution in [0.15, 0.2) is 18.2 Å². The first-order chi connectivity index (χ1) is 11.2. The number of hydrogen-bond donors (Lipinski definition) is 3. The number of carbonyl (C=O) groups excluding carboxylic acids is 2. The predicted molar refractivity (Wildman–Crippen MR) is 97.5 cm³/mol. The maximum atomic E-state index is 12.0. The van der Waals surface area contributed by atoms with Crippen LogP contribution < -0.4 is 20.9 Å². The van der Waals surface area contributed by atoms with Gasteiger partial charge in [-0.3, -0.25) is 20.4 Å². The van der Waals surface area contributed by atoms with Gasteiger partial charge in [0.15, 0.2) is 11.2 Å². The zero-order valence-electron chi connectivity index (χ0n) is 14.7. The molecule has 24 heavy (non-hydrogen) atoms. The molecule has 2 amide bonds. The van der Waals surface area contributed by atoms with Crippen LogP contribution in [0.25, 0.3) is 0 Å². The largest absolute Gasteiger partial charge is 0.481 e. The Labute approximate surface area is 148 Å². The monoisotopic (exact) mass is 351 g/mol. The molecule has 1 rings (SSSR count). The predicted octanol–water partition coefficient (Wildman–Crippen LogP) is 2.14. The van der Waals surface area contributed by atoms with E-state index < -0.39 is 12.0 Å². The van der Waals surface area contributed by atoms with Crippen molar-refractivity contribution >= 4 is 29.1 Å². The van der Waals surface area contributed by atoms with Crippen molar-refractivity contribution in [3.8, 4) is 5.75 Å². The van der Waals surface area contributed by atoms with Crippen LogP contribution in [0.1, 0.15) is 38.3 Å². The molecule has 0 saturated carbocycles. The van der Waals surface area contributed by atoms with Crippen molar-refractivity contribution < 1.29 is 14.3 Å². The Morgan fingerprint density at radius 2 is 1.79 bits per heavy atom. The first kappa shape index (κ1) is 19.9. The van der Waals surface area contributed by atoms with Crippen LogP contribution in [0.3, 0.4) is 0 Å². The smallest absolute Gasteiger partial charge is 0.279 e. The summed E-state index contributed by atoms with van der Waals surface area (Å²) >= 11 is 4.95. The number of hydrazine groups is 1. The van der Waals surface area contributed by atoms with E-state index in [1.807, 2.05) is 45.9 Å². The molecule has 0 aliphatic heterocycles. The van der Waals surface area contributed by atoms with Crippen molar-refractivity contribution in [2.45, 2.75) is 47.1 Å². The lowest BCUT2D eigenvalue weighted by atomic mass is 10.1. The fourth-order valence-electron chi connectivity index (χ4n) is 1.84. The van der Waals surface area contributed by atoms with Gasteiger partial charge in [-0.05, 0) is 62.2 Å². The molecule has 1 unspecified atom stereocenters. The number of rotatable bonds is 5. The topological polar surface area (TPSA) is 79.5 Å². The lowest BCUT2D eigenvalue weighted by molar-refractivity contribution is -0.128. The molecule has 1 aromatic rings. The number of nitrogens with one attached hydrogen (secondary N) is 3. The zero-order chi connectivity index (χ0) is 18.3. The van der Waals surface area contributed by atoms with Crippen molar-refractivity contribution in [3.63, 3.8) is 0 Å². The highest BCUT2D eigenvalue weighted by Gasteiger charge is 2.15. The van der Waals surface area contributed by atoms with E-state index in [9.17, 15) is 9.59 Å². The Morgan fingerprint density at radius 1 is 1.12 bits per heavy atom. The fourth-order valence-corrected chi connectivity index (χ4v) is 2.01. The van der Waals surface area contributed by atoms with Crippen LogP contribution in [0, 0.1) is 19.8 Å². The standard InChI is InChI=1S/C17H25N3O3S/c1-10(2)8-15(21)18-17(24)20-19-16(22)13(5)23-14-7-6-11(3)12(4)9-14/h6-7,9-10,13H,8H2,1-5H3,(H,19,22)(H2,18,20,21,24). The van der Waals surface area contributed by atoms with E-state index in [-0.39, 0.29) is 16.9 Å². The summed E-state index contributed by atoms with van der Waals surface area (Å²) in [5, 5.41) is 2.54. The van der Waals surface area contributed by atoms with Crippen LogP contribution in [-0.4, -0.2) is 23.0 Å². The molecule has 0 aliphatic rings. The van der Waals surface area contributed by atoms with E-state index in [1.54, 1.807) is 6.92 Å². The molecule has 3 N–H and O–H groups in total. The second-order valence-electron chi connectivity index (χ2n) is 6.10. The lowest BCUT2D eigenvalue weighted by Gasteiger charge is -2.17. The van der Waals surface area contributed by atoms with E-state index in [2.05, 4.69) is 16.2 Å². The number of hydrogen-bond acceptors (Lipinski definition) is 4. The van der Waals surface area contributed by atoms with Gasteiger partial charge in [0, 0.05) is 6.42 Å². The van der Waals surface area contributed by atoms with E-state index in [0.717, 1.165) is 11.1 Å². The summed E-state index contributed by atoms with van der Waals surface area (Å²) in [6, 6.07) is 5.63. The van der Waals surface area contributed by atoms with Gasteiger partial charge < -0.3 is 10.1 Å². The van der Waals surface area contributed by atoms with Crippen LogP contribution in [0.2, 0.25) is 0 Å². The Morgan fingerprint density at radius 3 is 2.38 bits per heavy atom. The Bertz CT molecular complexity index is 617. The molecule has 7 heteroatoms. The third-order valence-electron chi connectivity index (χ3n) is 3.31. The minimum absolute atomic E-state index is 0.0485. The maximum absolute atomic E-state index is 12.0. The first-order valence-electron chi connectivity index (χ1n) is 7.82. The summed E-state index contributed by atoms with van der Waals surface area (Å²) in [6.07, 6.45) is -0.351. The van der Waals surface area contributed by atoms with E-state index in [0.29, 0.717) is 12.2 Å². The van der Waals surface area contributed by atoms with Gasteiger partial charge >= 0.3 is 0 Å². The molecule has 0 aromatic heterocycles. The highest BCUT2D eigenvalue weighted by Crippen LogP contribution is 2.17. The summed E-state index contributed by atoms with van der Waals surface area (Å²) in [4.78, 5) is 23.6. The van der Waals surface area contributed by atoms with Crippen LogP contribution in [-0.2, 0) is 9.59 Å². The van der Waals surface area contributed by atoms with Gasteiger partial charge in [-0.15, -0.1) is 0 Å². The van der Waals surface area contributed by atoms with Gasteiger partial charge in [0.05, 0.1) is 0 Å². The number of thiocarbonyl (C=S) groups is 1. The molecule has 1 atom stereocenters. The molecule has 0 fully saturated rings. The third-order valence-corrected chi connectivity index (χ3v) is 3.51. The molecule has 0 aliphatic carbocycles. The van der Waals surface area contributed by atoms with Crippen LogP contribution in [0.4, 0.5) is 0 Å². The third kappa shape index (κ3) is 6.95. The number of ether oxygens (including phenoxy) is 1. The fraction of sp³-hybridized carbons (Fsp3) is 0.471. The van der Waals surface area contributed by atoms with Gasteiger partial charge in [0.1, 0.15) is 5.75 Å². The van der Waals surface area contributed by atoms with E-state index >= 15 is 0 Å². The van der Waals surface area contributed by atoms with Crippen LogP contribution >= 0.6 is 12.2 Å². The quantitative estimate of drug-likeness (QED) is 0.559. The van der Waals surface area contributed by atoms with Gasteiger partial charge in [-0.25, -0.2) is 0 Å². The minimum atomic E-state index is -0.714. The summed E-state index contributed by atoms with van der Waals surface area (Å²) in [7, 11) is 0. The van der Waals surface area contributed by atoms with E-state index in [1.165, 1.54) is 0 Å².